The summed E-state index contributed by atoms with van der Waals surface area (Å²) in [6.45, 7) is 2.11. The lowest BCUT2D eigenvalue weighted by Crippen LogP contribution is -2.03. The summed E-state index contributed by atoms with van der Waals surface area (Å²) in [5.41, 5.74) is 1.79. The number of phenolic OH excluding ortho intramolecular Hbond substituents is 1. The molecule has 0 saturated heterocycles. The Labute approximate surface area is 150 Å². The fourth-order valence-electron chi connectivity index (χ4n) is 1.73. The second-order valence-electron chi connectivity index (χ2n) is 4.35. The molecular weight excluding hydrogens is 461 g/mol. The molecule has 0 amide bonds. The van der Waals surface area contributed by atoms with Crippen LogP contribution in [0.2, 0.25) is 0 Å². The van der Waals surface area contributed by atoms with Crippen LogP contribution in [0.4, 0.5) is 5.69 Å². The Hall–Kier alpha value is -1.41. The van der Waals surface area contributed by atoms with E-state index in [0.717, 1.165) is 8.04 Å². The van der Waals surface area contributed by atoms with Crippen LogP contribution in [0, 0.1) is 3.57 Å². The van der Waals surface area contributed by atoms with Gasteiger partial charge < -0.3 is 9.84 Å². The molecule has 0 aliphatic rings. The van der Waals surface area contributed by atoms with Gasteiger partial charge in [0, 0.05) is 16.3 Å². The molecule has 4 nitrogen and oxygen atoms in total. The number of aromatic hydroxyl groups is 1. The van der Waals surface area contributed by atoms with Crippen molar-refractivity contribution in [2.75, 3.05) is 6.61 Å². The average molecular weight is 474 g/mol. The molecule has 0 aliphatic heterocycles. The van der Waals surface area contributed by atoms with Crippen LogP contribution < -0.4 is 0 Å². The van der Waals surface area contributed by atoms with Crippen molar-refractivity contribution in [2.45, 2.75) is 6.92 Å². The van der Waals surface area contributed by atoms with Gasteiger partial charge >= 0.3 is 5.97 Å². The lowest BCUT2D eigenvalue weighted by molar-refractivity contribution is 0.0526. The molecule has 0 saturated carbocycles. The number of esters is 1. The molecular formula is C16H13BrINO3. The number of hydrogen-bond donors (Lipinski definition) is 1. The minimum Gasteiger partial charge on any atom is -0.506 e. The van der Waals surface area contributed by atoms with Crippen molar-refractivity contribution in [3.63, 3.8) is 0 Å². The van der Waals surface area contributed by atoms with Gasteiger partial charge in [-0.2, -0.15) is 0 Å². The Kier molecular flexibility index (Phi) is 5.96. The third kappa shape index (κ3) is 4.30. The zero-order valence-electron chi connectivity index (χ0n) is 11.7. The molecule has 1 N–H and O–H groups in total. The van der Waals surface area contributed by atoms with Crippen LogP contribution in [0.3, 0.4) is 0 Å². The molecule has 6 heteroatoms. The van der Waals surface area contributed by atoms with Crippen LogP contribution >= 0.6 is 38.5 Å². The minimum atomic E-state index is -0.350. The molecule has 114 valence electrons. The summed E-state index contributed by atoms with van der Waals surface area (Å²) in [7, 11) is 0. The summed E-state index contributed by atoms with van der Waals surface area (Å²) >= 11 is 5.44. The van der Waals surface area contributed by atoms with Crippen LogP contribution in [0.15, 0.2) is 45.9 Å². The van der Waals surface area contributed by atoms with E-state index < -0.39 is 0 Å². The number of aliphatic imine (C=N–C) groups is 1. The number of benzene rings is 2. The molecule has 0 unspecified atom stereocenters. The Morgan fingerprint density at radius 1 is 1.36 bits per heavy atom. The standard InChI is InChI=1S/C16H13BrINO3/c1-2-22-16(21)10-3-5-13(6-4-10)19-9-11-7-12(17)8-14(18)15(11)20/h3-9,20H,2H2,1H3. The molecule has 22 heavy (non-hydrogen) atoms. The monoisotopic (exact) mass is 473 g/mol. The van der Waals surface area contributed by atoms with Gasteiger partial charge in [0.2, 0.25) is 0 Å². The number of phenols is 1. The zero-order chi connectivity index (χ0) is 16.1. The zero-order valence-corrected chi connectivity index (χ0v) is 15.5. The van der Waals surface area contributed by atoms with Crippen LogP contribution in [-0.4, -0.2) is 23.9 Å². The number of nitrogens with zero attached hydrogens (tertiary/aromatic N) is 1. The van der Waals surface area contributed by atoms with E-state index in [9.17, 15) is 9.90 Å². The van der Waals surface area contributed by atoms with Crippen molar-refractivity contribution in [2.24, 2.45) is 4.99 Å². The van der Waals surface area contributed by atoms with E-state index in [0.29, 0.717) is 23.4 Å². The Bertz CT molecular complexity index is 714. The third-order valence-electron chi connectivity index (χ3n) is 2.79. The first-order chi connectivity index (χ1) is 10.5. The molecule has 2 aromatic carbocycles. The van der Waals surface area contributed by atoms with Gasteiger partial charge in [0.15, 0.2) is 0 Å². The maximum atomic E-state index is 11.6. The summed E-state index contributed by atoms with van der Waals surface area (Å²) < 4.78 is 6.53. The summed E-state index contributed by atoms with van der Waals surface area (Å²) in [6, 6.07) is 10.4. The molecule has 0 aliphatic carbocycles. The van der Waals surface area contributed by atoms with Gasteiger partial charge in [0.05, 0.1) is 21.4 Å². The largest absolute Gasteiger partial charge is 0.506 e. The molecule has 0 spiro atoms. The van der Waals surface area contributed by atoms with E-state index in [1.54, 1.807) is 43.5 Å². The number of ether oxygens (including phenoxy) is 1. The Morgan fingerprint density at radius 2 is 2.05 bits per heavy atom. The second-order valence-corrected chi connectivity index (χ2v) is 6.43. The van der Waals surface area contributed by atoms with E-state index in [1.807, 2.05) is 6.07 Å². The maximum absolute atomic E-state index is 11.6. The van der Waals surface area contributed by atoms with E-state index in [1.165, 1.54) is 0 Å². The summed E-state index contributed by atoms with van der Waals surface area (Å²) in [6.07, 6.45) is 1.58. The van der Waals surface area contributed by atoms with E-state index in [2.05, 4.69) is 43.5 Å². The van der Waals surface area contributed by atoms with Crippen LogP contribution in [0.5, 0.6) is 5.75 Å². The molecule has 0 radical (unpaired) electrons. The normalized spacial score (nSPS) is 10.9. The van der Waals surface area contributed by atoms with Crippen molar-refractivity contribution in [3.8, 4) is 5.75 Å². The van der Waals surface area contributed by atoms with Crippen molar-refractivity contribution in [1.82, 2.24) is 0 Å². The average Bonchev–Trinajstić information content (AvgIpc) is 2.50. The van der Waals surface area contributed by atoms with Gasteiger partial charge in [-0.3, -0.25) is 4.99 Å². The molecule has 0 atom stereocenters. The predicted molar refractivity (Wildman–Crippen MR) is 98.2 cm³/mol. The third-order valence-corrected chi connectivity index (χ3v) is 4.07. The highest BCUT2D eigenvalue weighted by Crippen LogP contribution is 2.28. The lowest BCUT2D eigenvalue weighted by Gasteiger charge is -2.03. The number of carbonyl (C=O) groups is 1. The minimum absolute atomic E-state index is 0.190. The highest BCUT2D eigenvalue weighted by Gasteiger charge is 2.06. The molecule has 0 aromatic heterocycles. The highest BCUT2D eigenvalue weighted by molar-refractivity contribution is 14.1. The number of rotatable bonds is 4. The molecule has 2 rings (SSSR count). The topological polar surface area (TPSA) is 58.9 Å². The molecule has 0 heterocycles. The van der Waals surface area contributed by atoms with Crippen LogP contribution in [-0.2, 0) is 4.74 Å². The van der Waals surface area contributed by atoms with Gasteiger partial charge in [-0.05, 0) is 65.9 Å². The summed E-state index contributed by atoms with van der Waals surface area (Å²) in [4.78, 5) is 15.9. The van der Waals surface area contributed by atoms with Gasteiger partial charge in [0.25, 0.3) is 0 Å². The van der Waals surface area contributed by atoms with Crippen LogP contribution in [0.1, 0.15) is 22.8 Å². The highest BCUT2D eigenvalue weighted by atomic mass is 127. The van der Waals surface area contributed by atoms with Crippen molar-refractivity contribution in [1.29, 1.82) is 0 Å². The predicted octanol–water partition coefficient (Wildman–Crippen LogP) is 4.69. The fraction of sp³-hybridized carbons (Fsp3) is 0.125. The SMILES string of the molecule is CCOC(=O)c1ccc(N=Cc2cc(Br)cc(I)c2O)cc1. The van der Waals surface area contributed by atoms with E-state index in [-0.39, 0.29) is 11.7 Å². The smallest absolute Gasteiger partial charge is 0.338 e. The maximum Gasteiger partial charge on any atom is 0.338 e. The van der Waals surface area contributed by atoms with E-state index in [4.69, 9.17) is 4.74 Å². The van der Waals surface area contributed by atoms with Gasteiger partial charge in [0.1, 0.15) is 5.75 Å². The van der Waals surface area contributed by atoms with Crippen LogP contribution in [0.25, 0.3) is 0 Å². The van der Waals surface area contributed by atoms with Gasteiger partial charge in [-0.15, -0.1) is 0 Å². The lowest BCUT2D eigenvalue weighted by atomic mass is 10.2. The molecule has 2 aromatic rings. The first-order valence-electron chi connectivity index (χ1n) is 6.50. The molecule has 0 bridgehead atoms. The molecule has 0 fully saturated rings. The number of halogens is 2. The first-order valence-corrected chi connectivity index (χ1v) is 8.37. The fourth-order valence-corrected chi connectivity index (χ4v) is 3.28. The van der Waals surface area contributed by atoms with Gasteiger partial charge in [-0.25, -0.2) is 4.79 Å². The van der Waals surface area contributed by atoms with Crippen molar-refractivity contribution < 1.29 is 14.6 Å². The Morgan fingerprint density at radius 3 is 2.68 bits per heavy atom. The number of hydrogen-bond acceptors (Lipinski definition) is 4. The number of carbonyl (C=O) groups excluding carboxylic acids is 1. The van der Waals surface area contributed by atoms with Crippen molar-refractivity contribution in [3.05, 3.63) is 55.6 Å². The van der Waals surface area contributed by atoms with E-state index >= 15 is 0 Å². The first kappa shape index (κ1) is 17.0. The van der Waals surface area contributed by atoms with Gasteiger partial charge in [-0.1, -0.05) is 15.9 Å². The Balaban J connectivity index is 2.19. The van der Waals surface area contributed by atoms with Crippen molar-refractivity contribution >= 4 is 56.4 Å². The summed E-state index contributed by atoms with van der Waals surface area (Å²) in [5.74, 6) is -0.159. The summed E-state index contributed by atoms with van der Waals surface area (Å²) in [5, 5.41) is 10.00. The second kappa shape index (κ2) is 7.73. The quantitative estimate of drug-likeness (QED) is 0.398.